The summed E-state index contributed by atoms with van der Waals surface area (Å²) in [7, 11) is 0. The molecule has 6 heteroatoms. The Hall–Kier alpha value is -0.980. The summed E-state index contributed by atoms with van der Waals surface area (Å²) < 4.78 is 1.08. The number of hydrogen-bond acceptors (Lipinski definition) is 5. The van der Waals surface area contributed by atoms with Crippen LogP contribution in [0, 0.1) is 0 Å². The Balaban J connectivity index is 1.81. The van der Waals surface area contributed by atoms with E-state index in [9.17, 15) is 5.11 Å². The van der Waals surface area contributed by atoms with Crippen LogP contribution in [0.15, 0.2) is 28.3 Å². The van der Waals surface area contributed by atoms with Crippen molar-refractivity contribution < 1.29 is 5.11 Å². The van der Waals surface area contributed by atoms with Gasteiger partial charge < -0.3 is 10.0 Å². The maximum absolute atomic E-state index is 9.50. The van der Waals surface area contributed by atoms with Crippen molar-refractivity contribution in [2.75, 3.05) is 18.0 Å². The molecule has 3 heterocycles. The molecule has 94 valence electrons. The molecule has 0 amide bonds. The van der Waals surface area contributed by atoms with Crippen LogP contribution in [0.3, 0.4) is 0 Å². The molecule has 1 saturated heterocycles. The number of thiophene rings is 1. The first kappa shape index (κ1) is 12.1. The number of aromatic nitrogens is 2. The van der Waals surface area contributed by atoms with Gasteiger partial charge in [-0.2, -0.15) is 0 Å². The molecule has 1 N–H and O–H groups in total. The summed E-state index contributed by atoms with van der Waals surface area (Å²) in [5, 5.41) is 11.5. The Kier molecular flexibility index (Phi) is 3.32. The molecule has 1 unspecified atom stereocenters. The SMILES string of the molecule is OC1CCN(c2ncc(-c3cc(Br)cs3)cn2)C1. The minimum Gasteiger partial charge on any atom is -0.391 e. The highest BCUT2D eigenvalue weighted by Crippen LogP contribution is 2.29. The Morgan fingerprint density at radius 1 is 1.39 bits per heavy atom. The molecule has 0 saturated carbocycles. The minimum absolute atomic E-state index is 0.249. The van der Waals surface area contributed by atoms with Gasteiger partial charge in [-0.3, -0.25) is 0 Å². The van der Waals surface area contributed by atoms with E-state index in [1.54, 1.807) is 11.3 Å². The predicted octanol–water partition coefficient (Wildman–Crippen LogP) is 2.54. The third kappa shape index (κ3) is 2.41. The van der Waals surface area contributed by atoms with Crippen LogP contribution in [0.25, 0.3) is 10.4 Å². The molecule has 1 fully saturated rings. The Morgan fingerprint density at radius 2 is 2.17 bits per heavy atom. The fraction of sp³-hybridized carbons (Fsp3) is 0.333. The fourth-order valence-electron chi connectivity index (χ4n) is 2.00. The Labute approximate surface area is 117 Å². The quantitative estimate of drug-likeness (QED) is 0.921. The summed E-state index contributed by atoms with van der Waals surface area (Å²) in [5.41, 5.74) is 1.02. The summed E-state index contributed by atoms with van der Waals surface area (Å²) in [6.07, 6.45) is 4.22. The van der Waals surface area contributed by atoms with Gasteiger partial charge in [0, 0.05) is 45.8 Å². The number of β-amino-alcohol motifs (C(OH)–C–C–N with tert-alkyl or cyclic N) is 1. The molecule has 2 aromatic rings. The van der Waals surface area contributed by atoms with Crippen LogP contribution in [0.2, 0.25) is 0 Å². The predicted molar refractivity (Wildman–Crippen MR) is 75.9 cm³/mol. The first-order chi connectivity index (χ1) is 8.72. The molecule has 1 atom stereocenters. The fourth-order valence-corrected chi connectivity index (χ4v) is 3.40. The molecular weight excluding hydrogens is 314 g/mol. The first-order valence-electron chi connectivity index (χ1n) is 5.72. The van der Waals surface area contributed by atoms with Gasteiger partial charge in [0.2, 0.25) is 5.95 Å². The zero-order valence-corrected chi connectivity index (χ0v) is 12.0. The monoisotopic (exact) mass is 325 g/mol. The molecule has 0 aromatic carbocycles. The van der Waals surface area contributed by atoms with E-state index in [4.69, 9.17) is 0 Å². The summed E-state index contributed by atoms with van der Waals surface area (Å²) in [5.74, 6) is 0.700. The third-order valence-electron chi connectivity index (χ3n) is 2.94. The van der Waals surface area contributed by atoms with Gasteiger partial charge in [-0.15, -0.1) is 11.3 Å². The van der Waals surface area contributed by atoms with Crippen molar-refractivity contribution in [2.45, 2.75) is 12.5 Å². The summed E-state index contributed by atoms with van der Waals surface area (Å²) in [4.78, 5) is 11.9. The van der Waals surface area contributed by atoms with E-state index < -0.39 is 0 Å². The lowest BCUT2D eigenvalue weighted by Gasteiger charge is -2.14. The van der Waals surface area contributed by atoms with E-state index in [1.165, 1.54) is 0 Å². The molecule has 18 heavy (non-hydrogen) atoms. The number of rotatable bonds is 2. The molecule has 1 aliphatic rings. The maximum Gasteiger partial charge on any atom is 0.225 e. The van der Waals surface area contributed by atoms with E-state index in [0.717, 1.165) is 27.9 Å². The molecule has 4 nitrogen and oxygen atoms in total. The standard InChI is InChI=1S/C12H12BrN3OS/c13-9-3-11(18-7-9)8-4-14-12(15-5-8)16-2-1-10(17)6-16/h3-5,7,10,17H,1-2,6H2. The van der Waals surface area contributed by atoms with Crippen molar-refractivity contribution in [3.05, 3.63) is 28.3 Å². The topological polar surface area (TPSA) is 49.2 Å². The molecule has 1 aliphatic heterocycles. The van der Waals surface area contributed by atoms with Crippen molar-refractivity contribution in [3.63, 3.8) is 0 Å². The van der Waals surface area contributed by atoms with Gasteiger partial charge in [-0.25, -0.2) is 9.97 Å². The highest BCUT2D eigenvalue weighted by molar-refractivity contribution is 9.10. The smallest absolute Gasteiger partial charge is 0.225 e. The highest BCUT2D eigenvalue weighted by atomic mass is 79.9. The zero-order valence-electron chi connectivity index (χ0n) is 9.58. The van der Waals surface area contributed by atoms with Crippen LogP contribution in [-0.4, -0.2) is 34.3 Å². The Morgan fingerprint density at radius 3 is 2.72 bits per heavy atom. The van der Waals surface area contributed by atoms with Crippen LogP contribution in [0.5, 0.6) is 0 Å². The van der Waals surface area contributed by atoms with Crippen molar-refractivity contribution in [1.29, 1.82) is 0 Å². The summed E-state index contributed by atoms with van der Waals surface area (Å²) in [6.45, 7) is 1.45. The summed E-state index contributed by atoms with van der Waals surface area (Å²) in [6, 6.07) is 2.06. The molecule has 0 radical (unpaired) electrons. The van der Waals surface area contributed by atoms with E-state index >= 15 is 0 Å². The van der Waals surface area contributed by atoms with Crippen molar-refractivity contribution in [3.8, 4) is 10.4 Å². The van der Waals surface area contributed by atoms with Crippen LogP contribution in [0.4, 0.5) is 5.95 Å². The molecule has 3 rings (SSSR count). The van der Waals surface area contributed by atoms with Crippen molar-refractivity contribution in [1.82, 2.24) is 9.97 Å². The van der Waals surface area contributed by atoms with Crippen molar-refractivity contribution in [2.24, 2.45) is 0 Å². The largest absolute Gasteiger partial charge is 0.391 e. The number of hydrogen-bond donors (Lipinski definition) is 1. The van der Waals surface area contributed by atoms with Crippen LogP contribution >= 0.6 is 27.3 Å². The lowest BCUT2D eigenvalue weighted by molar-refractivity contribution is 0.198. The van der Waals surface area contributed by atoms with Gasteiger partial charge >= 0.3 is 0 Å². The van der Waals surface area contributed by atoms with Gasteiger partial charge in [0.05, 0.1) is 6.10 Å². The second-order valence-corrected chi connectivity index (χ2v) is 6.12. The van der Waals surface area contributed by atoms with Gasteiger partial charge in [-0.05, 0) is 28.4 Å². The van der Waals surface area contributed by atoms with Crippen LogP contribution in [0.1, 0.15) is 6.42 Å². The van der Waals surface area contributed by atoms with Gasteiger partial charge in [0.1, 0.15) is 0 Å². The average molecular weight is 326 g/mol. The lowest BCUT2D eigenvalue weighted by atomic mass is 10.3. The number of anilines is 1. The molecule has 0 aliphatic carbocycles. The number of aliphatic hydroxyl groups is 1. The van der Waals surface area contributed by atoms with E-state index in [-0.39, 0.29) is 6.10 Å². The normalized spacial score (nSPS) is 19.4. The lowest BCUT2D eigenvalue weighted by Crippen LogP contribution is -2.23. The van der Waals surface area contributed by atoms with Crippen LogP contribution in [-0.2, 0) is 0 Å². The number of nitrogens with zero attached hydrogens (tertiary/aromatic N) is 3. The van der Waals surface area contributed by atoms with Gasteiger partial charge in [0.25, 0.3) is 0 Å². The first-order valence-corrected chi connectivity index (χ1v) is 7.39. The second kappa shape index (κ2) is 4.95. The second-order valence-electron chi connectivity index (χ2n) is 4.29. The van der Waals surface area contributed by atoms with Crippen LogP contribution < -0.4 is 4.90 Å². The van der Waals surface area contributed by atoms with E-state index in [2.05, 4.69) is 32.0 Å². The number of aliphatic hydroxyl groups excluding tert-OH is 1. The Bertz CT molecular complexity index is 543. The molecule has 2 aromatic heterocycles. The minimum atomic E-state index is -0.249. The number of halogens is 1. The van der Waals surface area contributed by atoms with Gasteiger partial charge in [-0.1, -0.05) is 0 Å². The summed E-state index contributed by atoms with van der Waals surface area (Å²) >= 11 is 5.10. The average Bonchev–Trinajstić information content (AvgIpc) is 2.98. The highest BCUT2D eigenvalue weighted by Gasteiger charge is 2.22. The van der Waals surface area contributed by atoms with E-state index in [1.807, 2.05) is 22.7 Å². The third-order valence-corrected chi connectivity index (χ3v) is 4.68. The van der Waals surface area contributed by atoms with Gasteiger partial charge in [0.15, 0.2) is 0 Å². The maximum atomic E-state index is 9.50. The van der Waals surface area contributed by atoms with Crippen molar-refractivity contribution >= 4 is 33.2 Å². The molecule has 0 bridgehead atoms. The molecule has 0 spiro atoms. The van der Waals surface area contributed by atoms with E-state index in [0.29, 0.717) is 12.5 Å². The molecular formula is C12H12BrN3OS. The zero-order chi connectivity index (χ0) is 12.5.